The molecule has 1 aromatic carbocycles. The first-order valence-electron chi connectivity index (χ1n) is 5.90. The smallest absolute Gasteiger partial charge is 0.107 e. The molecule has 90 valence electrons. The highest BCUT2D eigenvalue weighted by atomic mass is 32.1. The molecule has 0 spiro atoms. The van der Waals surface area contributed by atoms with Gasteiger partial charge >= 0.3 is 0 Å². The Hall–Kier alpha value is -1.17. The third-order valence-corrected chi connectivity index (χ3v) is 3.71. The van der Waals surface area contributed by atoms with Crippen molar-refractivity contribution < 1.29 is 0 Å². The standard InChI is InChI=1S/C12H16N4S/c1-8-14-11-10(12(17)15-8)7-13-16(11)9-5-3-2-4-6-9/h2-6,8,10-11,13-14H,7H2,1H3,(H,15,17). The normalized spacial score (nSPS) is 32.2. The highest BCUT2D eigenvalue weighted by molar-refractivity contribution is 7.80. The highest BCUT2D eigenvalue weighted by Gasteiger charge is 2.40. The van der Waals surface area contributed by atoms with E-state index in [-0.39, 0.29) is 12.3 Å². The second kappa shape index (κ2) is 4.25. The van der Waals surface area contributed by atoms with Crippen molar-refractivity contribution in [3.8, 4) is 0 Å². The Morgan fingerprint density at radius 1 is 1.29 bits per heavy atom. The fraction of sp³-hybridized carbons (Fsp3) is 0.417. The third-order valence-electron chi connectivity index (χ3n) is 3.29. The summed E-state index contributed by atoms with van der Waals surface area (Å²) in [4.78, 5) is 0.951. The first-order valence-corrected chi connectivity index (χ1v) is 6.31. The second-order valence-electron chi connectivity index (χ2n) is 4.52. The monoisotopic (exact) mass is 248 g/mol. The van der Waals surface area contributed by atoms with Crippen LogP contribution in [-0.2, 0) is 0 Å². The van der Waals surface area contributed by atoms with Gasteiger partial charge in [0.2, 0.25) is 0 Å². The molecule has 0 saturated carbocycles. The zero-order chi connectivity index (χ0) is 11.8. The Morgan fingerprint density at radius 2 is 2.06 bits per heavy atom. The number of hydrogen-bond donors (Lipinski definition) is 3. The summed E-state index contributed by atoms with van der Waals surface area (Å²) in [6.45, 7) is 2.97. The molecule has 2 fully saturated rings. The van der Waals surface area contributed by atoms with E-state index in [0.717, 1.165) is 11.5 Å². The van der Waals surface area contributed by atoms with Crippen molar-refractivity contribution in [3.05, 3.63) is 30.3 Å². The Bertz CT molecular complexity index is 422. The van der Waals surface area contributed by atoms with Crippen molar-refractivity contribution in [3.63, 3.8) is 0 Å². The van der Waals surface area contributed by atoms with Gasteiger partial charge in [-0.25, -0.2) is 5.43 Å². The van der Waals surface area contributed by atoms with E-state index in [1.54, 1.807) is 0 Å². The van der Waals surface area contributed by atoms with Crippen molar-refractivity contribution >= 4 is 22.9 Å². The first kappa shape index (κ1) is 11.0. The van der Waals surface area contributed by atoms with Crippen LogP contribution in [0.4, 0.5) is 5.69 Å². The quantitative estimate of drug-likeness (QED) is 0.642. The molecule has 1 aromatic rings. The molecular formula is C12H16N4S. The molecular weight excluding hydrogens is 232 g/mol. The molecule has 2 heterocycles. The van der Waals surface area contributed by atoms with E-state index >= 15 is 0 Å². The number of para-hydroxylation sites is 1. The molecule has 5 heteroatoms. The molecule has 0 aromatic heterocycles. The van der Waals surface area contributed by atoms with Gasteiger partial charge < -0.3 is 5.32 Å². The number of benzene rings is 1. The molecule has 0 radical (unpaired) electrons. The minimum absolute atomic E-state index is 0.217. The number of nitrogens with one attached hydrogen (secondary N) is 3. The third kappa shape index (κ3) is 1.90. The molecule has 0 bridgehead atoms. The summed E-state index contributed by atoms with van der Waals surface area (Å²) in [6, 6.07) is 10.3. The van der Waals surface area contributed by atoms with Crippen LogP contribution < -0.4 is 21.1 Å². The lowest BCUT2D eigenvalue weighted by Gasteiger charge is -2.37. The van der Waals surface area contributed by atoms with Gasteiger partial charge in [-0.15, -0.1) is 0 Å². The first-order chi connectivity index (χ1) is 8.25. The van der Waals surface area contributed by atoms with E-state index in [1.807, 2.05) is 18.2 Å². The van der Waals surface area contributed by atoms with E-state index in [4.69, 9.17) is 12.2 Å². The van der Waals surface area contributed by atoms with E-state index in [1.165, 1.54) is 5.69 Å². The number of hydrogen-bond acceptors (Lipinski definition) is 4. The topological polar surface area (TPSA) is 39.3 Å². The molecule has 2 aliphatic heterocycles. The summed E-state index contributed by atoms with van der Waals surface area (Å²) < 4.78 is 0. The Balaban J connectivity index is 1.87. The van der Waals surface area contributed by atoms with Gasteiger partial charge in [0.25, 0.3) is 0 Å². The molecule has 3 rings (SSSR count). The fourth-order valence-electron chi connectivity index (χ4n) is 2.47. The Morgan fingerprint density at radius 3 is 2.82 bits per heavy atom. The maximum absolute atomic E-state index is 5.41. The molecule has 3 N–H and O–H groups in total. The second-order valence-corrected chi connectivity index (χ2v) is 4.96. The fourth-order valence-corrected chi connectivity index (χ4v) is 2.86. The van der Waals surface area contributed by atoms with E-state index < -0.39 is 0 Å². The van der Waals surface area contributed by atoms with Gasteiger partial charge in [-0.2, -0.15) is 0 Å². The van der Waals surface area contributed by atoms with Crippen molar-refractivity contribution in [2.75, 3.05) is 11.6 Å². The Labute approximate surface area is 106 Å². The van der Waals surface area contributed by atoms with Gasteiger partial charge in [0.15, 0.2) is 0 Å². The van der Waals surface area contributed by atoms with Crippen molar-refractivity contribution in [2.45, 2.75) is 19.3 Å². The predicted octanol–water partition coefficient (Wildman–Crippen LogP) is 0.820. The molecule has 3 unspecified atom stereocenters. The number of fused-ring (bicyclic) bond motifs is 1. The maximum atomic E-state index is 5.41. The van der Waals surface area contributed by atoms with E-state index in [9.17, 15) is 0 Å². The lowest BCUT2D eigenvalue weighted by molar-refractivity contribution is 0.368. The molecule has 2 aliphatic rings. The van der Waals surface area contributed by atoms with Crippen LogP contribution in [0.1, 0.15) is 6.92 Å². The number of thiocarbonyl (C=S) groups is 1. The predicted molar refractivity (Wildman–Crippen MR) is 72.5 cm³/mol. The van der Waals surface area contributed by atoms with Gasteiger partial charge in [-0.3, -0.25) is 10.3 Å². The summed E-state index contributed by atoms with van der Waals surface area (Å²) in [5.41, 5.74) is 4.58. The molecule has 3 atom stereocenters. The lowest BCUT2D eigenvalue weighted by Crippen LogP contribution is -2.62. The number of nitrogens with zero attached hydrogens (tertiary/aromatic N) is 1. The number of hydrazine groups is 1. The van der Waals surface area contributed by atoms with Crippen LogP contribution >= 0.6 is 12.2 Å². The molecule has 17 heavy (non-hydrogen) atoms. The highest BCUT2D eigenvalue weighted by Crippen LogP contribution is 2.25. The van der Waals surface area contributed by atoms with Crippen LogP contribution in [0.5, 0.6) is 0 Å². The summed E-state index contributed by atoms with van der Waals surface area (Å²) in [5.74, 6) is 0.335. The van der Waals surface area contributed by atoms with Gasteiger partial charge in [-0.05, 0) is 19.1 Å². The largest absolute Gasteiger partial charge is 0.364 e. The summed E-state index contributed by atoms with van der Waals surface area (Å²) in [7, 11) is 0. The van der Waals surface area contributed by atoms with Crippen molar-refractivity contribution in [1.82, 2.24) is 16.1 Å². The van der Waals surface area contributed by atoms with E-state index in [0.29, 0.717) is 5.92 Å². The van der Waals surface area contributed by atoms with Crippen LogP contribution in [0.2, 0.25) is 0 Å². The minimum atomic E-state index is 0.217. The average molecular weight is 248 g/mol. The molecule has 2 saturated heterocycles. The minimum Gasteiger partial charge on any atom is -0.364 e. The van der Waals surface area contributed by atoms with Crippen molar-refractivity contribution in [2.24, 2.45) is 5.92 Å². The van der Waals surface area contributed by atoms with Crippen molar-refractivity contribution in [1.29, 1.82) is 0 Å². The SMILES string of the molecule is CC1NC(=S)C2CNN(c3ccccc3)C2N1. The van der Waals surface area contributed by atoms with Gasteiger partial charge in [0.05, 0.1) is 22.8 Å². The van der Waals surface area contributed by atoms with Gasteiger partial charge in [0, 0.05) is 6.54 Å². The maximum Gasteiger partial charge on any atom is 0.107 e. The Kier molecular flexibility index (Phi) is 2.74. The average Bonchev–Trinajstić information content (AvgIpc) is 2.74. The molecule has 0 aliphatic carbocycles. The van der Waals surface area contributed by atoms with E-state index in [2.05, 4.69) is 40.1 Å². The van der Waals surface area contributed by atoms with Crippen LogP contribution in [0.3, 0.4) is 0 Å². The van der Waals surface area contributed by atoms with Crippen LogP contribution in [-0.4, -0.2) is 23.9 Å². The number of anilines is 1. The number of rotatable bonds is 1. The zero-order valence-electron chi connectivity index (χ0n) is 9.68. The van der Waals surface area contributed by atoms with Gasteiger partial charge in [-0.1, -0.05) is 30.4 Å². The summed E-state index contributed by atoms with van der Waals surface area (Å²) >= 11 is 5.41. The van der Waals surface area contributed by atoms with Crippen LogP contribution in [0, 0.1) is 5.92 Å². The summed E-state index contributed by atoms with van der Waals surface area (Å²) in [6.07, 6.45) is 0.455. The van der Waals surface area contributed by atoms with Crippen LogP contribution in [0.25, 0.3) is 0 Å². The molecule has 4 nitrogen and oxygen atoms in total. The van der Waals surface area contributed by atoms with Crippen LogP contribution in [0.15, 0.2) is 30.3 Å². The zero-order valence-corrected chi connectivity index (χ0v) is 10.5. The van der Waals surface area contributed by atoms with Gasteiger partial charge in [0.1, 0.15) is 6.17 Å². The lowest BCUT2D eigenvalue weighted by atomic mass is 10.0. The molecule has 0 amide bonds. The summed E-state index contributed by atoms with van der Waals surface area (Å²) in [5, 5.41) is 8.97.